The van der Waals surface area contributed by atoms with Crippen LogP contribution in [0.2, 0.25) is 0 Å². The Bertz CT molecular complexity index is 430. The van der Waals surface area contributed by atoms with E-state index in [-0.39, 0.29) is 23.9 Å². The lowest BCUT2D eigenvalue weighted by atomic mass is 9.90. The molecule has 0 saturated heterocycles. The Labute approximate surface area is 121 Å². The molecule has 0 fully saturated rings. The minimum Gasteiger partial charge on any atom is -0.344 e. The molecular weight excluding hydrogens is 264 g/mol. The minimum absolute atomic E-state index is 0. The van der Waals surface area contributed by atoms with Gasteiger partial charge in [-0.1, -0.05) is 13.8 Å². The second-order valence-electron chi connectivity index (χ2n) is 5.61. The molecule has 1 unspecified atom stereocenters. The minimum atomic E-state index is -0.372. The zero-order valence-corrected chi connectivity index (χ0v) is 13.2. The fraction of sp³-hybridized carbons (Fsp3) is 0.692. The van der Waals surface area contributed by atoms with Crippen LogP contribution in [0.4, 0.5) is 0 Å². The fourth-order valence-electron chi connectivity index (χ4n) is 2.25. The molecular formula is C13H25ClN4O. The zero-order valence-electron chi connectivity index (χ0n) is 12.4. The van der Waals surface area contributed by atoms with Crippen molar-refractivity contribution in [3.05, 3.63) is 17.5 Å². The maximum Gasteiger partial charge on any atom is 0.270 e. The Kier molecular flexibility index (Phi) is 6.52. The molecule has 0 aliphatic heterocycles. The van der Waals surface area contributed by atoms with E-state index in [2.05, 4.69) is 24.3 Å². The molecule has 0 aromatic carbocycles. The van der Waals surface area contributed by atoms with Gasteiger partial charge in [0.15, 0.2) is 0 Å². The van der Waals surface area contributed by atoms with Gasteiger partial charge in [0.05, 0.1) is 11.2 Å². The van der Waals surface area contributed by atoms with Gasteiger partial charge in [-0.15, -0.1) is 12.4 Å². The van der Waals surface area contributed by atoms with E-state index in [1.54, 1.807) is 17.8 Å². The van der Waals surface area contributed by atoms with Crippen molar-refractivity contribution >= 4 is 18.3 Å². The molecule has 5 nitrogen and oxygen atoms in total. The number of halogens is 1. The topological polar surface area (TPSA) is 72.9 Å². The first-order valence-electron chi connectivity index (χ1n) is 6.30. The van der Waals surface area contributed by atoms with E-state index in [0.29, 0.717) is 18.2 Å². The van der Waals surface area contributed by atoms with E-state index in [4.69, 9.17) is 5.73 Å². The largest absolute Gasteiger partial charge is 0.344 e. The summed E-state index contributed by atoms with van der Waals surface area (Å²) in [6.45, 7) is 8.51. The lowest BCUT2D eigenvalue weighted by Crippen LogP contribution is -2.52. The second-order valence-corrected chi connectivity index (χ2v) is 5.61. The molecule has 1 atom stereocenters. The molecule has 1 amide bonds. The highest BCUT2D eigenvalue weighted by Crippen LogP contribution is 2.16. The third-order valence-electron chi connectivity index (χ3n) is 2.96. The quantitative estimate of drug-likeness (QED) is 0.865. The lowest BCUT2D eigenvalue weighted by molar-refractivity contribution is 0.0888. The summed E-state index contributed by atoms with van der Waals surface area (Å²) in [5.74, 6) is 0.360. The molecule has 3 N–H and O–H groups in total. The Morgan fingerprint density at radius 2 is 2.16 bits per heavy atom. The normalized spacial score (nSPS) is 13.8. The van der Waals surface area contributed by atoms with Crippen molar-refractivity contribution in [2.24, 2.45) is 18.7 Å². The highest BCUT2D eigenvalue weighted by atomic mass is 35.5. The smallest absolute Gasteiger partial charge is 0.270 e. The van der Waals surface area contributed by atoms with E-state index >= 15 is 0 Å². The summed E-state index contributed by atoms with van der Waals surface area (Å²) in [6, 6.07) is 1.78. The van der Waals surface area contributed by atoms with Crippen LogP contribution in [0.25, 0.3) is 0 Å². The van der Waals surface area contributed by atoms with Crippen molar-refractivity contribution in [1.82, 2.24) is 15.1 Å². The Morgan fingerprint density at radius 1 is 1.58 bits per heavy atom. The Morgan fingerprint density at radius 3 is 2.53 bits per heavy atom. The van der Waals surface area contributed by atoms with E-state index in [1.807, 2.05) is 13.8 Å². The van der Waals surface area contributed by atoms with Crippen LogP contribution in [0.3, 0.4) is 0 Å². The van der Waals surface area contributed by atoms with Gasteiger partial charge in [0, 0.05) is 13.6 Å². The number of carbonyl (C=O) groups excluding carboxylic acids is 1. The van der Waals surface area contributed by atoms with Gasteiger partial charge in [-0.25, -0.2) is 0 Å². The zero-order chi connectivity index (χ0) is 13.9. The first kappa shape index (κ1) is 17.9. The van der Waals surface area contributed by atoms with Gasteiger partial charge in [-0.3, -0.25) is 9.48 Å². The molecule has 1 rings (SSSR count). The molecule has 0 spiro atoms. The van der Waals surface area contributed by atoms with Gasteiger partial charge in [-0.2, -0.15) is 5.10 Å². The van der Waals surface area contributed by atoms with Crippen molar-refractivity contribution in [3.8, 4) is 0 Å². The molecule has 0 radical (unpaired) electrons. The van der Waals surface area contributed by atoms with Gasteiger partial charge in [0.2, 0.25) is 0 Å². The van der Waals surface area contributed by atoms with Crippen LogP contribution in [0, 0.1) is 12.8 Å². The molecule has 6 heteroatoms. The summed E-state index contributed by atoms with van der Waals surface area (Å²) in [4.78, 5) is 12.2. The van der Waals surface area contributed by atoms with Crippen molar-refractivity contribution in [2.75, 3.05) is 6.54 Å². The van der Waals surface area contributed by atoms with Crippen LogP contribution in [0.1, 0.15) is 43.4 Å². The number of nitrogens with one attached hydrogen (secondary N) is 1. The molecule has 0 saturated carbocycles. The fourth-order valence-corrected chi connectivity index (χ4v) is 2.25. The van der Waals surface area contributed by atoms with Crippen LogP contribution >= 0.6 is 12.4 Å². The summed E-state index contributed by atoms with van der Waals surface area (Å²) < 4.78 is 1.59. The Hall–Kier alpha value is -1.07. The standard InChI is InChI=1S/C13H24N4O.ClH/c1-9(2)7-13(4,8-14)15-12(18)11-6-10(3)16-17(11)5;/h6,9H,7-8,14H2,1-5H3,(H,15,18);1H. The lowest BCUT2D eigenvalue weighted by Gasteiger charge is -2.31. The molecule has 0 aliphatic rings. The van der Waals surface area contributed by atoms with Gasteiger partial charge in [0.25, 0.3) is 5.91 Å². The number of nitrogens with two attached hydrogens (primary N) is 1. The summed E-state index contributed by atoms with van der Waals surface area (Å²) in [6.07, 6.45) is 0.853. The average molecular weight is 289 g/mol. The number of carbonyl (C=O) groups is 1. The number of aromatic nitrogens is 2. The molecule has 1 aromatic heterocycles. The summed E-state index contributed by atoms with van der Waals surface area (Å²) in [5, 5.41) is 7.19. The number of nitrogens with zero attached hydrogens (tertiary/aromatic N) is 2. The second kappa shape index (κ2) is 6.91. The van der Waals surface area contributed by atoms with Crippen LogP contribution in [0.15, 0.2) is 6.07 Å². The molecule has 0 aliphatic carbocycles. The van der Waals surface area contributed by atoms with E-state index in [0.717, 1.165) is 12.1 Å². The van der Waals surface area contributed by atoms with Gasteiger partial charge in [-0.05, 0) is 32.3 Å². The van der Waals surface area contributed by atoms with Crippen LogP contribution in [0.5, 0.6) is 0 Å². The number of rotatable bonds is 5. The highest BCUT2D eigenvalue weighted by Gasteiger charge is 2.27. The van der Waals surface area contributed by atoms with Crippen LogP contribution in [-0.4, -0.2) is 27.8 Å². The predicted molar refractivity (Wildman–Crippen MR) is 79.6 cm³/mol. The monoisotopic (exact) mass is 288 g/mol. The average Bonchev–Trinajstić information content (AvgIpc) is 2.56. The first-order chi connectivity index (χ1) is 8.27. The molecule has 1 heterocycles. The van der Waals surface area contributed by atoms with Gasteiger partial charge >= 0.3 is 0 Å². The van der Waals surface area contributed by atoms with Crippen molar-refractivity contribution in [1.29, 1.82) is 0 Å². The molecule has 0 bridgehead atoms. The van der Waals surface area contributed by atoms with Crippen LogP contribution < -0.4 is 11.1 Å². The third-order valence-corrected chi connectivity index (χ3v) is 2.96. The number of amides is 1. The van der Waals surface area contributed by atoms with Gasteiger partial charge < -0.3 is 11.1 Å². The van der Waals surface area contributed by atoms with E-state index < -0.39 is 0 Å². The SMILES string of the molecule is Cc1cc(C(=O)NC(C)(CN)CC(C)C)n(C)n1.Cl. The highest BCUT2D eigenvalue weighted by molar-refractivity contribution is 5.93. The number of hydrogen-bond donors (Lipinski definition) is 2. The summed E-state index contributed by atoms with van der Waals surface area (Å²) in [7, 11) is 1.77. The van der Waals surface area contributed by atoms with Crippen molar-refractivity contribution in [2.45, 2.75) is 39.7 Å². The molecule has 19 heavy (non-hydrogen) atoms. The predicted octanol–water partition coefficient (Wildman–Crippen LogP) is 1.64. The van der Waals surface area contributed by atoms with E-state index in [9.17, 15) is 4.79 Å². The Balaban J connectivity index is 0.00000324. The van der Waals surface area contributed by atoms with Crippen LogP contribution in [-0.2, 0) is 7.05 Å². The van der Waals surface area contributed by atoms with Crippen molar-refractivity contribution < 1.29 is 4.79 Å². The maximum atomic E-state index is 12.2. The molecule has 1 aromatic rings. The number of hydrogen-bond acceptors (Lipinski definition) is 3. The first-order valence-corrected chi connectivity index (χ1v) is 6.30. The summed E-state index contributed by atoms with van der Waals surface area (Å²) in [5.41, 5.74) is 6.82. The molecule has 110 valence electrons. The maximum absolute atomic E-state index is 12.2. The van der Waals surface area contributed by atoms with Gasteiger partial charge in [0.1, 0.15) is 5.69 Å². The summed E-state index contributed by atoms with van der Waals surface area (Å²) >= 11 is 0. The van der Waals surface area contributed by atoms with E-state index in [1.165, 1.54) is 0 Å². The van der Waals surface area contributed by atoms with Crippen molar-refractivity contribution in [3.63, 3.8) is 0 Å². The third kappa shape index (κ3) is 4.84. The number of aryl methyl sites for hydroxylation is 2.